The number of rotatable bonds is 5. The Morgan fingerprint density at radius 2 is 1.73 bits per heavy atom. The molecule has 1 nitrogen and oxygen atoms in total. The zero-order valence-electron chi connectivity index (χ0n) is 9.82. The highest BCUT2D eigenvalue weighted by molar-refractivity contribution is 7.85. The molecule has 0 saturated carbocycles. The van der Waals surface area contributed by atoms with Gasteiger partial charge in [-0.2, -0.15) is 0 Å². The summed E-state index contributed by atoms with van der Waals surface area (Å²) in [5.41, 5.74) is 1.28. The van der Waals surface area contributed by atoms with Crippen molar-refractivity contribution in [2.24, 2.45) is 0 Å². The lowest BCUT2D eigenvalue weighted by Gasteiger charge is -2.16. The molecule has 0 aliphatic carbocycles. The molecular formula is C13H20OS. The first-order valence-electron chi connectivity index (χ1n) is 5.71. The fourth-order valence-electron chi connectivity index (χ4n) is 1.91. The van der Waals surface area contributed by atoms with Gasteiger partial charge in [0.1, 0.15) is 0 Å². The lowest BCUT2D eigenvalue weighted by Crippen LogP contribution is -2.04. The molecule has 0 N–H and O–H groups in total. The van der Waals surface area contributed by atoms with E-state index in [2.05, 4.69) is 19.9 Å². The molecule has 1 aromatic carbocycles. The Balaban J connectivity index is 3.10. The predicted octanol–water partition coefficient (Wildman–Crippen LogP) is 3.72. The number of hydrogen-bond donors (Lipinski definition) is 0. The molecule has 0 bridgehead atoms. The third-order valence-corrected chi connectivity index (χ3v) is 4.24. The first-order valence-corrected chi connectivity index (χ1v) is 7.03. The molecule has 0 aliphatic heterocycles. The fourth-order valence-corrected chi connectivity index (χ4v) is 2.95. The van der Waals surface area contributed by atoms with Gasteiger partial charge in [0, 0.05) is 10.6 Å². The van der Waals surface area contributed by atoms with Gasteiger partial charge in [-0.25, -0.2) is 0 Å². The Morgan fingerprint density at radius 1 is 1.13 bits per heavy atom. The summed E-state index contributed by atoms with van der Waals surface area (Å²) in [6.07, 6.45) is 2.24. The lowest BCUT2D eigenvalue weighted by atomic mass is 9.94. The monoisotopic (exact) mass is 224 g/mol. The van der Waals surface area contributed by atoms with Crippen molar-refractivity contribution in [3.63, 3.8) is 0 Å². The molecule has 0 saturated heterocycles. The van der Waals surface area contributed by atoms with E-state index in [4.69, 9.17) is 0 Å². The second kappa shape index (κ2) is 6.06. The molecule has 0 radical (unpaired) electrons. The zero-order valence-corrected chi connectivity index (χ0v) is 10.6. The Hall–Kier alpha value is -0.630. The van der Waals surface area contributed by atoms with Crippen LogP contribution in [0.15, 0.2) is 29.2 Å². The van der Waals surface area contributed by atoms with Gasteiger partial charge in [0.15, 0.2) is 0 Å². The number of benzene rings is 1. The highest BCUT2D eigenvalue weighted by Crippen LogP contribution is 2.28. The predicted molar refractivity (Wildman–Crippen MR) is 66.7 cm³/mol. The van der Waals surface area contributed by atoms with Gasteiger partial charge in [-0.1, -0.05) is 39.0 Å². The smallest absolute Gasteiger partial charge is 0.0529 e. The summed E-state index contributed by atoms with van der Waals surface area (Å²) in [5.74, 6) is 1.26. The van der Waals surface area contributed by atoms with Crippen molar-refractivity contribution < 1.29 is 4.21 Å². The number of hydrogen-bond acceptors (Lipinski definition) is 1. The van der Waals surface area contributed by atoms with E-state index in [-0.39, 0.29) is 0 Å². The molecule has 0 amide bonds. The van der Waals surface area contributed by atoms with Gasteiger partial charge < -0.3 is 0 Å². The van der Waals surface area contributed by atoms with Crippen molar-refractivity contribution in [2.75, 3.05) is 5.75 Å². The second-order valence-corrected chi connectivity index (χ2v) is 5.39. The molecule has 84 valence electrons. The minimum Gasteiger partial charge on any atom is -0.254 e. The van der Waals surface area contributed by atoms with Gasteiger partial charge in [0.2, 0.25) is 0 Å². The molecule has 0 spiro atoms. The first kappa shape index (κ1) is 12.4. The van der Waals surface area contributed by atoms with Crippen molar-refractivity contribution >= 4 is 10.8 Å². The van der Waals surface area contributed by atoms with E-state index in [1.54, 1.807) is 0 Å². The SMILES string of the molecule is CCC(CC)c1ccccc1S(=O)CC. The van der Waals surface area contributed by atoms with Crippen molar-refractivity contribution in [3.05, 3.63) is 29.8 Å². The van der Waals surface area contributed by atoms with Gasteiger partial charge >= 0.3 is 0 Å². The Bertz CT molecular complexity index is 329. The molecule has 15 heavy (non-hydrogen) atoms. The Morgan fingerprint density at radius 3 is 2.27 bits per heavy atom. The van der Waals surface area contributed by atoms with Crippen molar-refractivity contribution in [2.45, 2.75) is 44.4 Å². The summed E-state index contributed by atoms with van der Waals surface area (Å²) in [7, 11) is -0.826. The van der Waals surface area contributed by atoms with E-state index in [1.807, 2.05) is 25.1 Å². The minimum absolute atomic E-state index is 0.552. The highest BCUT2D eigenvalue weighted by atomic mass is 32.2. The molecular weight excluding hydrogens is 204 g/mol. The van der Waals surface area contributed by atoms with E-state index < -0.39 is 10.8 Å². The zero-order chi connectivity index (χ0) is 11.3. The van der Waals surface area contributed by atoms with Crippen LogP contribution in [-0.4, -0.2) is 9.96 Å². The highest BCUT2D eigenvalue weighted by Gasteiger charge is 2.14. The van der Waals surface area contributed by atoms with E-state index >= 15 is 0 Å². The van der Waals surface area contributed by atoms with Gasteiger partial charge in [-0.3, -0.25) is 4.21 Å². The van der Waals surface area contributed by atoms with Gasteiger partial charge in [-0.05, 0) is 30.4 Å². The van der Waals surface area contributed by atoms with E-state index in [0.29, 0.717) is 11.7 Å². The van der Waals surface area contributed by atoms with E-state index in [0.717, 1.165) is 17.7 Å². The minimum atomic E-state index is -0.826. The van der Waals surface area contributed by atoms with Crippen LogP contribution in [0.3, 0.4) is 0 Å². The summed E-state index contributed by atoms with van der Waals surface area (Å²) in [4.78, 5) is 1.04. The van der Waals surface area contributed by atoms with Crippen LogP contribution in [0.5, 0.6) is 0 Å². The summed E-state index contributed by atoms with van der Waals surface area (Å²) in [5, 5.41) is 0. The van der Waals surface area contributed by atoms with Gasteiger partial charge in [-0.15, -0.1) is 0 Å². The maximum atomic E-state index is 11.9. The topological polar surface area (TPSA) is 17.1 Å². The maximum absolute atomic E-state index is 11.9. The second-order valence-electron chi connectivity index (χ2n) is 3.69. The summed E-state index contributed by atoms with van der Waals surface area (Å²) < 4.78 is 11.9. The summed E-state index contributed by atoms with van der Waals surface area (Å²) >= 11 is 0. The van der Waals surface area contributed by atoms with Crippen LogP contribution in [-0.2, 0) is 10.8 Å². The van der Waals surface area contributed by atoms with Crippen LogP contribution in [0.1, 0.15) is 45.1 Å². The van der Waals surface area contributed by atoms with Crippen LogP contribution < -0.4 is 0 Å². The average molecular weight is 224 g/mol. The van der Waals surface area contributed by atoms with Crippen LogP contribution in [0.25, 0.3) is 0 Å². The fraction of sp³-hybridized carbons (Fsp3) is 0.538. The molecule has 0 aliphatic rings. The normalized spacial score (nSPS) is 13.1. The largest absolute Gasteiger partial charge is 0.254 e. The average Bonchev–Trinajstić information content (AvgIpc) is 2.30. The molecule has 0 heterocycles. The third-order valence-electron chi connectivity index (χ3n) is 2.85. The third kappa shape index (κ3) is 2.91. The standard InChI is InChI=1S/C13H20OS/c1-4-11(5-2)12-9-7-8-10-13(12)15(14)6-3/h7-11H,4-6H2,1-3H3. The molecule has 1 aromatic rings. The molecule has 1 unspecified atom stereocenters. The molecule has 2 heteroatoms. The van der Waals surface area contributed by atoms with Crippen LogP contribution in [0.2, 0.25) is 0 Å². The van der Waals surface area contributed by atoms with Crippen LogP contribution in [0, 0.1) is 0 Å². The van der Waals surface area contributed by atoms with Crippen molar-refractivity contribution in [3.8, 4) is 0 Å². The molecule has 0 fully saturated rings. The quantitative estimate of drug-likeness (QED) is 0.745. The summed E-state index contributed by atoms with van der Waals surface area (Å²) in [6.45, 7) is 6.36. The Kier molecular flexibility index (Phi) is 5.03. The first-order chi connectivity index (χ1) is 7.24. The summed E-state index contributed by atoms with van der Waals surface area (Å²) in [6, 6.07) is 8.16. The van der Waals surface area contributed by atoms with Crippen LogP contribution in [0.4, 0.5) is 0 Å². The lowest BCUT2D eigenvalue weighted by molar-refractivity contribution is 0.627. The van der Waals surface area contributed by atoms with Crippen molar-refractivity contribution in [1.29, 1.82) is 0 Å². The maximum Gasteiger partial charge on any atom is 0.0529 e. The molecule has 0 aromatic heterocycles. The van der Waals surface area contributed by atoms with Crippen molar-refractivity contribution in [1.82, 2.24) is 0 Å². The van der Waals surface area contributed by atoms with Crippen LogP contribution >= 0.6 is 0 Å². The molecule has 1 rings (SSSR count). The molecule has 1 atom stereocenters. The van der Waals surface area contributed by atoms with Gasteiger partial charge in [0.05, 0.1) is 10.8 Å². The van der Waals surface area contributed by atoms with E-state index in [1.165, 1.54) is 5.56 Å². The van der Waals surface area contributed by atoms with E-state index in [9.17, 15) is 4.21 Å². The van der Waals surface area contributed by atoms with Gasteiger partial charge in [0.25, 0.3) is 0 Å². The Labute approximate surface area is 95.4 Å².